The first-order chi connectivity index (χ1) is 14.6. The first-order valence-electron chi connectivity index (χ1n) is 9.76. The SMILES string of the molecule is COc1cc(/C=C/c2ccccc2OC)c(OC2CC(O)CC(CO)O2)c(OC)c1. The van der Waals surface area contributed by atoms with Gasteiger partial charge in [-0.05, 0) is 12.1 Å². The van der Waals surface area contributed by atoms with Gasteiger partial charge in [-0.1, -0.05) is 30.4 Å². The fourth-order valence-electron chi connectivity index (χ4n) is 3.37. The van der Waals surface area contributed by atoms with E-state index >= 15 is 0 Å². The standard InChI is InChI=1S/C23H28O7/c1-26-18-10-16(9-8-15-6-4-5-7-20(15)27-2)23(21(13-18)28-3)30-22-12-17(25)11-19(14-24)29-22/h4-10,13,17,19,22,24-25H,11-12,14H2,1-3H3/b9-8+. The average Bonchev–Trinajstić information content (AvgIpc) is 2.77. The Balaban J connectivity index is 1.96. The van der Waals surface area contributed by atoms with E-state index < -0.39 is 18.5 Å². The Kier molecular flexibility index (Phi) is 7.57. The van der Waals surface area contributed by atoms with E-state index in [1.807, 2.05) is 42.5 Å². The molecule has 1 heterocycles. The summed E-state index contributed by atoms with van der Waals surface area (Å²) in [5.41, 5.74) is 1.61. The number of hydrogen-bond donors (Lipinski definition) is 2. The summed E-state index contributed by atoms with van der Waals surface area (Å²) < 4.78 is 28.2. The summed E-state index contributed by atoms with van der Waals surface area (Å²) >= 11 is 0. The molecule has 1 saturated heterocycles. The summed E-state index contributed by atoms with van der Waals surface area (Å²) in [5, 5.41) is 19.5. The average molecular weight is 416 g/mol. The molecule has 0 spiro atoms. The minimum atomic E-state index is -0.716. The monoisotopic (exact) mass is 416 g/mol. The van der Waals surface area contributed by atoms with Gasteiger partial charge in [0.25, 0.3) is 0 Å². The Hall–Kier alpha value is -2.74. The van der Waals surface area contributed by atoms with Crippen LogP contribution in [-0.4, -0.2) is 56.6 Å². The van der Waals surface area contributed by atoms with Crippen LogP contribution in [-0.2, 0) is 4.74 Å². The summed E-state index contributed by atoms with van der Waals surface area (Å²) in [6, 6.07) is 11.2. The van der Waals surface area contributed by atoms with E-state index in [0.29, 0.717) is 35.7 Å². The van der Waals surface area contributed by atoms with Crippen molar-refractivity contribution in [1.82, 2.24) is 0 Å². The zero-order valence-corrected chi connectivity index (χ0v) is 17.4. The summed E-state index contributed by atoms with van der Waals surface area (Å²) in [7, 11) is 4.75. The molecule has 0 saturated carbocycles. The molecule has 1 fully saturated rings. The van der Waals surface area contributed by atoms with E-state index in [1.165, 1.54) is 0 Å². The van der Waals surface area contributed by atoms with E-state index in [1.54, 1.807) is 27.4 Å². The molecular weight excluding hydrogens is 388 g/mol. The molecule has 3 atom stereocenters. The summed E-state index contributed by atoms with van der Waals surface area (Å²) in [5.74, 6) is 2.28. The van der Waals surface area contributed by atoms with Gasteiger partial charge in [0.2, 0.25) is 6.29 Å². The van der Waals surface area contributed by atoms with Crippen molar-refractivity contribution in [3.8, 4) is 23.0 Å². The number of aliphatic hydroxyl groups excluding tert-OH is 2. The van der Waals surface area contributed by atoms with E-state index in [9.17, 15) is 10.2 Å². The predicted molar refractivity (Wildman–Crippen MR) is 113 cm³/mol. The van der Waals surface area contributed by atoms with Crippen molar-refractivity contribution in [1.29, 1.82) is 0 Å². The number of benzene rings is 2. The third kappa shape index (κ3) is 5.24. The minimum absolute atomic E-state index is 0.183. The molecule has 30 heavy (non-hydrogen) atoms. The summed E-state index contributed by atoms with van der Waals surface area (Å²) in [4.78, 5) is 0. The third-order valence-corrected chi connectivity index (χ3v) is 4.89. The van der Waals surface area contributed by atoms with Crippen LogP contribution in [0, 0.1) is 0 Å². The van der Waals surface area contributed by atoms with Crippen LogP contribution < -0.4 is 18.9 Å². The number of methoxy groups -OCH3 is 3. The molecule has 1 aliphatic heterocycles. The molecule has 0 bridgehead atoms. The van der Waals surface area contributed by atoms with Crippen molar-refractivity contribution in [2.75, 3.05) is 27.9 Å². The molecule has 2 aromatic rings. The lowest BCUT2D eigenvalue weighted by Gasteiger charge is -2.32. The van der Waals surface area contributed by atoms with Crippen molar-refractivity contribution in [2.24, 2.45) is 0 Å². The van der Waals surface area contributed by atoms with Crippen LogP contribution in [0.5, 0.6) is 23.0 Å². The highest BCUT2D eigenvalue weighted by atomic mass is 16.7. The highest BCUT2D eigenvalue weighted by Crippen LogP contribution is 2.39. The summed E-state index contributed by atoms with van der Waals surface area (Å²) in [6.45, 7) is -0.183. The Morgan fingerprint density at radius 1 is 0.967 bits per heavy atom. The molecule has 7 nitrogen and oxygen atoms in total. The molecule has 7 heteroatoms. The lowest BCUT2D eigenvalue weighted by Crippen LogP contribution is -2.40. The second kappa shape index (κ2) is 10.3. The van der Waals surface area contributed by atoms with Crippen LogP contribution in [0.4, 0.5) is 0 Å². The van der Waals surface area contributed by atoms with Gasteiger partial charge in [0.15, 0.2) is 11.5 Å². The first kappa shape index (κ1) is 22.0. The maximum absolute atomic E-state index is 10.1. The van der Waals surface area contributed by atoms with Crippen LogP contribution in [0.1, 0.15) is 24.0 Å². The van der Waals surface area contributed by atoms with E-state index in [2.05, 4.69) is 0 Å². The van der Waals surface area contributed by atoms with Crippen LogP contribution >= 0.6 is 0 Å². The van der Waals surface area contributed by atoms with Crippen LogP contribution in [0.2, 0.25) is 0 Å². The Morgan fingerprint density at radius 3 is 2.40 bits per heavy atom. The Morgan fingerprint density at radius 2 is 1.70 bits per heavy atom. The van der Waals surface area contributed by atoms with Gasteiger partial charge >= 0.3 is 0 Å². The van der Waals surface area contributed by atoms with Gasteiger partial charge in [-0.15, -0.1) is 0 Å². The van der Waals surface area contributed by atoms with Crippen molar-refractivity contribution < 1.29 is 33.9 Å². The molecule has 1 aliphatic rings. The largest absolute Gasteiger partial charge is 0.497 e. The Labute approximate surface area is 176 Å². The topological polar surface area (TPSA) is 86.6 Å². The van der Waals surface area contributed by atoms with Crippen LogP contribution in [0.15, 0.2) is 36.4 Å². The second-order valence-corrected chi connectivity index (χ2v) is 6.94. The van der Waals surface area contributed by atoms with Gasteiger partial charge in [0, 0.05) is 30.0 Å². The fraction of sp³-hybridized carbons (Fsp3) is 0.391. The molecule has 2 N–H and O–H groups in total. The van der Waals surface area contributed by atoms with Gasteiger partial charge in [-0.2, -0.15) is 0 Å². The van der Waals surface area contributed by atoms with Gasteiger partial charge < -0.3 is 33.9 Å². The molecular formula is C23H28O7. The highest BCUT2D eigenvalue weighted by Gasteiger charge is 2.30. The van der Waals surface area contributed by atoms with E-state index in [0.717, 1.165) is 11.3 Å². The Bertz CT molecular complexity index is 865. The molecule has 3 unspecified atom stereocenters. The lowest BCUT2D eigenvalue weighted by molar-refractivity contribution is -0.185. The van der Waals surface area contributed by atoms with Gasteiger partial charge in [0.05, 0.1) is 40.1 Å². The molecule has 0 amide bonds. The zero-order valence-electron chi connectivity index (χ0n) is 17.4. The number of rotatable bonds is 8. The van der Waals surface area contributed by atoms with Crippen molar-refractivity contribution in [3.05, 3.63) is 47.5 Å². The van der Waals surface area contributed by atoms with Crippen LogP contribution in [0.3, 0.4) is 0 Å². The fourth-order valence-corrected chi connectivity index (χ4v) is 3.37. The molecule has 0 aromatic heterocycles. The van der Waals surface area contributed by atoms with Gasteiger partial charge in [-0.25, -0.2) is 0 Å². The van der Waals surface area contributed by atoms with Gasteiger partial charge in [0.1, 0.15) is 11.5 Å². The maximum Gasteiger partial charge on any atom is 0.202 e. The smallest absolute Gasteiger partial charge is 0.202 e. The normalized spacial score (nSPS) is 21.4. The summed E-state index contributed by atoms with van der Waals surface area (Å²) in [6.07, 6.45) is 2.64. The minimum Gasteiger partial charge on any atom is -0.497 e. The molecule has 0 aliphatic carbocycles. The van der Waals surface area contributed by atoms with E-state index in [4.69, 9.17) is 23.7 Å². The number of aliphatic hydroxyl groups is 2. The molecule has 162 valence electrons. The van der Waals surface area contributed by atoms with Crippen molar-refractivity contribution in [3.63, 3.8) is 0 Å². The van der Waals surface area contributed by atoms with Crippen molar-refractivity contribution in [2.45, 2.75) is 31.3 Å². The lowest BCUT2D eigenvalue weighted by atomic mass is 10.1. The molecule has 2 aromatic carbocycles. The molecule has 3 rings (SSSR count). The van der Waals surface area contributed by atoms with E-state index in [-0.39, 0.29) is 6.61 Å². The quantitative estimate of drug-likeness (QED) is 0.640. The van der Waals surface area contributed by atoms with Gasteiger partial charge in [-0.3, -0.25) is 0 Å². The maximum atomic E-state index is 10.1. The first-order valence-corrected chi connectivity index (χ1v) is 9.76. The second-order valence-electron chi connectivity index (χ2n) is 6.94. The van der Waals surface area contributed by atoms with Crippen molar-refractivity contribution >= 4 is 12.2 Å². The number of hydrogen-bond acceptors (Lipinski definition) is 7. The number of ether oxygens (including phenoxy) is 5. The number of para-hydroxylation sites is 1. The van der Waals surface area contributed by atoms with Crippen LogP contribution in [0.25, 0.3) is 12.2 Å². The third-order valence-electron chi connectivity index (χ3n) is 4.89. The highest BCUT2D eigenvalue weighted by molar-refractivity contribution is 5.77. The zero-order chi connectivity index (χ0) is 21.5. The molecule has 0 radical (unpaired) electrons. The predicted octanol–water partition coefficient (Wildman–Crippen LogP) is 3.12.